The molecule has 0 bridgehead atoms. The number of nitrogens with one attached hydrogen (secondary N) is 1. The maximum absolute atomic E-state index is 12.4. The molecule has 0 aliphatic carbocycles. The molecule has 138 valence electrons. The van der Waals surface area contributed by atoms with Crippen molar-refractivity contribution in [2.75, 3.05) is 24.9 Å². The van der Waals surface area contributed by atoms with Crippen LogP contribution in [0.4, 0.5) is 5.13 Å². The van der Waals surface area contributed by atoms with Gasteiger partial charge in [-0.05, 0) is 6.26 Å². The maximum atomic E-state index is 12.4. The second-order valence-corrected chi connectivity index (χ2v) is 7.81. The molecule has 1 fully saturated rings. The number of anilines is 1. The van der Waals surface area contributed by atoms with Gasteiger partial charge >= 0.3 is 29.6 Å². The zero-order valence-electron chi connectivity index (χ0n) is 14.0. The zero-order valence-corrected chi connectivity index (χ0v) is 18.5. The quantitative estimate of drug-likeness (QED) is 0.142. The first-order valence-corrected chi connectivity index (χ1v) is 10.3. The van der Waals surface area contributed by atoms with Crippen LogP contribution in [0.3, 0.4) is 0 Å². The third-order valence-corrected chi connectivity index (χ3v) is 5.48. The third-order valence-electron chi connectivity index (χ3n) is 3.20. The number of carbonyl (C=O) groups is 2. The summed E-state index contributed by atoms with van der Waals surface area (Å²) in [4.78, 5) is 32.9. The molecule has 0 spiro atoms. The molecule has 2 heterocycles. The molecule has 11 nitrogen and oxygen atoms in total. The predicted molar refractivity (Wildman–Crippen MR) is 90.7 cm³/mol. The van der Waals surface area contributed by atoms with Crippen LogP contribution < -0.4 is 40.6 Å². The Morgan fingerprint density at radius 2 is 2.27 bits per heavy atom. The molecule has 26 heavy (non-hydrogen) atoms. The number of nitrogens with zero attached hydrogens (tertiary/aromatic N) is 3. The van der Waals surface area contributed by atoms with Crippen molar-refractivity contribution in [3.63, 3.8) is 0 Å². The van der Waals surface area contributed by atoms with Crippen molar-refractivity contribution in [1.82, 2.24) is 14.6 Å². The number of carbonyl (C=O) groups excluding carboxylic acids is 2. The number of thioether (sulfide) groups is 1. The first-order chi connectivity index (χ1) is 11.7. The van der Waals surface area contributed by atoms with Crippen LogP contribution in [0.1, 0.15) is 5.69 Å². The zero-order chi connectivity index (χ0) is 18.8. The van der Waals surface area contributed by atoms with E-state index in [1.54, 1.807) is 6.26 Å². The van der Waals surface area contributed by atoms with Crippen molar-refractivity contribution in [1.29, 1.82) is 0 Å². The molecule has 0 radical (unpaired) electrons. The van der Waals surface area contributed by atoms with Gasteiger partial charge in [-0.15, -0.1) is 11.3 Å². The Morgan fingerprint density at radius 3 is 2.73 bits per heavy atom. The Hall–Kier alpha value is -0.900. The molecular weight excluding hydrogens is 417 g/mol. The van der Waals surface area contributed by atoms with E-state index in [1.165, 1.54) is 24.3 Å². The standard InChI is InChI=1S/C11H15N5O6S3.Na/c1-22-15-7(5-3-24-11(12)13-5)9(17)14-8-6(4-23-2)16(10(8)18)25(19,20)21;/h3,6,8H,4H2,1-2H3,(H2,12,13)(H,14,17)(H,19,20,21);/q;+1/p-1. The molecule has 1 aromatic rings. The summed E-state index contributed by atoms with van der Waals surface area (Å²) in [6.45, 7) is 0. The molecule has 2 atom stereocenters. The number of hydrogen-bond acceptors (Lipinski definition) is 11. The molecule has 2 rings (SSSR count). The summed E-state index contributed by atoms with van der Waals surface area (Å²) in [7, 11) is -3.73. The van der Waals surface area contributed by atoms with Gasteiger partial charge in [-0.25, -0.2) is 17.7 Å². The van der Waals surface area contributed by atoms with Crippen molar-refractivity contribution in [2.45, 2.75) is 12.1 Å². The third kappa shape index (κ3) is 4.88. The summed E-state index contributed by atoms with van der Waals surface area (Å²) in [5, 5.41) is 7.61. The Kier molecular flexibility index (Phi) is 8.32. The van der Waals surface area contributed by atoms with Gasteiger partial charge in [-0.2, -0.15) is 11.8 Å². The molecular formula is C11H14N5NaO6S3. The monoisotopic (exact) mass is 431 g/mol. The average Bonchev–Trinajstić information content (AvgIpc) is 2.94. The van der Waals surface area contributed by atoms with Crippen LogP contribution >= 0.6 is 23.1 Å². The number of oxime groups is 1. The second kappa shape index (κ2) is 9.34. The number of aromatic nitrogens is 1. The molecule has 2 amide bonds. The first-order valence-electron chi connectivity index (χ1n) is 6.62. The van der Waals surface area contributed by atoms with Crippen molar-refractivity contribution < 1.29 is 57.0 Å². The van der Waals surface area contributed by atoms with Gasteiger partial charge in [0.15, 0.2) is 21.1 Å². The van der Waals surface area contributed by atoms with E-state index in [9.17, 15) is 22.6 Å². The van der Waals surface area contributed by atoms with Crippen LogP contribution in [-0.2, 0) is 24.7 Å². The molecule has 1 aliphatic heterocycles. The summed E-state index contributed by atoms with van der Waals surface area (Å²) in [6, 6.07) is -2.14. The number of rotatable bonds is 7. The number of nitrogens with two attached hydrogens (primary N) is 1. The summed E-state index contributed by atoms with van der Waals surface area (Å²) in [5.41, 5.74) is 5.43. The molecule has 0 saturated carbocycles. The summed E-state index contributed by atoms with van der Waals surface area (Å²) in [6.07, 6.45) is 1.67. The van der Waals surface area contributed by atoms with Gasteiger partial charge in [0.25, 0.3) is 11.8 Å². The number of β-lactam (4-membered cyclic amide) rings is 1. The molecule has 2 unspecified atom stereocenters. The van der Waals surface area contributed by atoms with Gasteiger partial charge in [0.2, 0.25) is 0 Å². The van der Waals surface area contributed by atoms with Crippen LogP contribution in [0.25, 0.3) is 0 Å². The van der Waals surface area contributed by atoms with Crippen LogP contribution in [0, 0.1) is 0 Å². The van der Waals surface area contributed by atoms with E-state index in [0.717, 1.165) is 11.3 Å². The van der Waals surface area contributed by atoms with Crippen molar-refractivity contribution in [2.24, 2.45) is 5.16 Å². The van der Waals surface area contributed by atoms with E-state index in [1.807, 2.05) is 0 Å². The topological polar surface area (TPSA) is 167 Å². The minimum Gasteiger partial charge on any atom is -0.731 e. The SMILES string of the molecule is CON=C(C(=O)NC1C(=O)N(S(=O)(=O)[O-])C1CSC)c1csc(N)n1.[Na+]. The van der Waals surface area contributed by atoms with Gasteiger partial charge in [0.05, 0.1) is 6.04 Å². The second-order valence-electron chi connectivity index (χ2n) is 4.76. The van der Waals surface area contributed by atoms with E-state index in [4.69, 9.17) is 5.73 Å². The van der Waals surface area contributed by atoms with Crippen LogP contribution in [0.15, 0.2) is 10.5 Å². The molecule has 1 aliphatic rings. The van der Waals surface area contributed by atoms with Gasteiger partial charge in [-0.1, -0.05) is 5.16 Å². The van der Waals surface area contributed by atoms with E-state index in [0.29, 0.717) is 0 Å². The average molecular weight is 431 g/mol. The Balaban J connectivity index is 0.00000338. The van der Waals surface area contributed by atoms with E-state index >= 15 is 0 Å². The minimum absolute atomic E-state index is 0. The van der Waals surface area contributed by atoms with E-state index < -0.39 is 34.2 Å². The summed E-state index contributed by atoms with van der Waals surface area (Å²) >= 11 is 2.30. The van der Waals surface area contributed by atoms with Crippen molar-refractivity contribution >= 4 is 56.1 Å². The first kappa shape index (κ1) is 23.1. The fourth-order valence-corrected chi connectivity index (χ4v) is 4.38. The summed E-state index contributed by atoms with van der Waals surface area (Å²) < 4.78 is 33.7. The smallest absolute Gasteiger partial charge is 0.731 e. The number of amides is 2. The Labute approximate surface area is 179 Å². The normalized spacial score (nSPS) is 20.2. The Morgan fingerprint density at radius 1 is 1.62 bits per heavy atom. The molecule has 15 heteroatoms. The van der Waals surface area contributed by atoms with Gasteiger partial charge in [0.1, 0.15) is 18.8 Å². The predicted octanol–water partition coefficient (Wildman–Crippen LogP) is -4.40. The Bertz CT molecular complexity index is 813. The van der Waals surface area contributed by atoms with Crippen LogP contribution in [0.5, 0.6) is 0 Å². The fraction of sp³-hybridized carbons (Fsp3) is 0.455. The van der Waals surface area contributed by atoms with Crippen molar-refractivity contribution in [3.8, 4) is 0 Å². The number of thiazole rings is 1. The van der Waals surface area contributed by atoms with Crippen LogP contribution in [-0.4, -0.2) is 71.0 Å². The number of nitrogen functional groups attached to an aromatic ring is 1. The van der Waals surface area contributed by atoms with E-state index in [2.05, 4.69) is 20.3 Å². The summed E-state index contributed by atoms with van der Waals surface area (Å²) in [5.74, 6) is -1.66. The maximum Gasteiger partial charge on any atom is 1.00 e. The fourth-order valence-electron chi connectivity index (χ4n) is 2.19. The van der Waals surface area contributed by atoms with Crippen molar-refractivity contribution in [3.05, 3.63) is 11.1 Å². The molecule has 1 saturated heterocycles. The molecule has 0 aromatic carbocycles. The van der Waals surface area contributed by atoms with Gasteiger partial charge < -0.3 is 20.4 Å². The molecule has 3 N–H and O–H groups in total. The van der Waals surface area contributed by atoms with Gasteiger partial charge in [0, 0.05) is 11.1 Å². The number of hydrogen-bond donors (Lipinski definition) is 2. The van der Waals surface area contributed by atoms with E-state index in [-0.39, 0.29) is 56.2 Å². The van der Waals surface area contributed by atoms with Gasteiger partial charge in [-0.3, -0.25) is 9.59 Å². The minimum atomic E-state index is -4.95. The largest absolute Gasteiger partial charge is 1.00 e. The molecule has 1 aromatic heterocycles. The van der Waals surface area contributed by atoms with Crippen LogP contribution in [0.2, 0.25) is 0 Å².